The minimum Gasteiger partial charge on any atom is -0.294 e. The second-order valence-corrected chi connectivity index (χ2v) is 2.96. The lowest BCUT2D eigenvalue weighted by Crippen LogP contribution is -2.03. The van der Waals surface area contributed by atoms with Crippen LogP contribution in [0.1, 0.15) is 26.7 Å². The lowest BCUT2D eigenvalue weighted by atomic mass is 10.1. The third-order valence-corrected chi connectivity index (χ3v) is 1.32. The van der Waals surface area contributed by atoms with Gasteiger partial charge in [-0.05, 0) is 18.8 Å². The molecule has 70 valence electrons. The molecule has 0 aromatic carbocycles. The Morgan fingerprint density at radius 3 is 2.75 bits per heavy atom. The summed E-state index contributed by atoms with van der Waals surface area (Å²) in [5, 5.41) is 0. The summed E-state index contributed by atoms with van der Waals surface area (Å²) in [7, 11) is 0. The first-order chi connectivity index (χ1) is 5.66. The molecule has 12 heavy (non-hydrogen) atoms. The van der Waals surface area contributed by atoms with E-state index in [0.717, 1.165) is 18.9 Å². The van der Waals surface area contributed by atoms with Crippen LogP contribution >= 0.6 is 0 Å². The molecule has 0 saturated carbocycles. The van der Waals surface area contributed by atoms with E-state index >= 15 is 0 Å². The van der Waals surface area contributed by atoms with Crippen molar-refractivity contribution in [2.75, 3.05) is 6.61 Å². The van der Waals surface area contributed by atoms with Crippen LogP contribution in [0.4, 0.5) is 0 Å². The fourth-order valence-electron chi connectivity index (χ4n) is 0.684. The maximum atomic E-state index is 10.4. The molecule has 0 aromatic rings. The second kappa shape index (κ2) is 6.85. The fraction of sp³-hybridized carbons (Fsp3) is 0.667. The molecule has 0 aliphatic heterocycles. The van der Waals surface area contributed by atoms with Crippen LogP contribution in [-0.4, -0.2) is 12.6 Å². The third kappa shape index (κ3) is 7.28. The van der Waals surface area contributed by atoms with Gasteiger partial charge in [-0.25, -0.2) is 4.79 Å². The summed E-state index contributed by atoms with van der Waals surface area (Å²) in [5.41, 5.74) is 0. The van der Waals surface area contributed by atoms with Gasteiger partial charge in [-0.15, -0.1) is 0 Å². The molecule has 0 bridgehead atoms. The van der Waals surface area contributed by atoms with E-state index in [1.165, 1.54) is 0 Å². The lowest BCUT2D eigenvalue weighted by Gasteiger charge is -2.03. The second-order valence-electron chi connectivity index (χ2n) is 2.96. The largest absolute Gasteiger partial charge is 0.365 e. The molecule has 0 amide bonds. The van der Waals surface area contributed by atoms with E-state index < -0.39 is 5.97 Å². The van der Waals surface area contributed by atoms with Crippen molar-refractivity contribution in [2.45, 2.75) is 26.7 Å². The van der Waals surface area contributed by atoms with Gasteiger partial charge in [0.25, 0.3) is 0 Å². The minimum absolute atomic E-state index is 0.456. The maximum absolute atomic E-state index is 10.4. The van der Waals surface area contributed by atoms with E-state index in [0.29, 0.717) is 12.5 Å². The number of hydrogen-bond donors (Lipinski definition) is 0. The molecule has 0 rings (SSSR count). The standard InChI is InChI=1S/C9H16O3/c1-4-9(10)12-11-7-5-6-8(2)3/h4,8H,1,5-7H2,2-3H3. The van der Waals surface area contributed by atoms with Crippen molar-refractivity contribution in [3.05, 3.63) is 12.7 Å². The molecule has 3 heteroatoms. The molecule has 0 radical (unpaired) electrons. The van der Waals surface area contributed by atoms with E-state index in [4.69, 9.17) is 0 Å². The van der Waals surface area contributed by atoms with Gasteiger partial charge in [0.1, 0.15) is 0 Å². The average Bonchev–Trinajstić information content (AvgIpc) is 2.03. The number of carbonyl (C=O) groups excluding carboxylic acids is 1. The van der Waals surface area contributed by atoms with E-state index in [1.54, 1.807) is 0 Å². The number of rotatable bonds is 6. The lowest BCUT2D eigenvalue weighted by molar-refractivity contribution is -0.267. The molecular formula is C9H16O3. The van der Waals surface area contributed by atoms with Gasteiger partial charge >= 0.3 is 5.97 Å². The van der Waals surface area contributed by atoms with E-state index in [9.17, 15) is 4.79 Å². The van der Waals surface area contributed by atoms with Gasteiger partial charge in [0.05, 0.1) is 6.61 Å². The van der Waals surface area contributed by atoms with Crippen molar-refractivity contribution in [1.82, 2.24) is 0 Å². The topological polar surface area (TPSA) is 35.5 Å². The predicted octanol–water partition coefficient (Wildman–Crippen LogP) is 2.08. The highest BCUT2D eigenvalue weighted by Gasteiger charge is 1.97. The molecule has 0 unspecified atom stereocenters. The molecule has 0 heterocycles. The first kappa shape index (κ1) is 11.2. The fourth-order valence-corrected chi connectivity index (χ4v) is 0.684. The van der Waals surface area contributed by atoms with Crippen LogP contribution in [0.25, 0.3) is 0 Å². The zero-order valence-electron chi connectivity index (χ0n) is 7.71. The Hall–Kier alpha value is -0.830. The van der Waals surface area contributed by atoms with Gasteiger partial charge in [-0.1, -0.05) is 20.4 Å². The van der Waals surface area contributed by atoms with Crippen molar-refractivity contribution in [1.29, 1.82) is 0 Å². The molecule has 3 nitrogen and oxygen atoms in total. The van der Waals surface area contributed by atoms with Gasteiger partial charge in [0.15, 0.2) is 0 Å². The number of hydrogen-bond acceptors (Lipinski definition) is 3. The Kier molecular flexibility index (Phi) is 6.38. The van der Waals surface area contributed by atoms with Crippen molar-refractivity contribution in [3.63, 3.8) is 0 Å². The maximum Gasteiger partial charge on any atom is 0.365 e. The van der Waals surface area contributed by atoms with Gasteiger partial charge < -0.3 is 0 Å². The van der Waals surface area contributed by atoms with Crippen molar-refractivity contribution >= 4 is 5.97 Å². The molecule has 0 aliphatic rings. The highest BCUT2D eigenvalue weighted by atomic mass is 17.2. The van der Waals surface area contributed by atoms with Crippen molar-refractivity contribution in [3.8, 4) is 0 Å². The zero-order chi connectivity index (χ0) is 9.40. The summed E-state index contributed by atoms with van der Waals surface area (Å²) in [6, 6.07) is 0. The molecule has 0 N–H and O–H groups in total. The summed E-state index contributed by atoms with van der Waals surface area (Å²) in [6.45, 7) is 7.96. The van der Waals surface area contributed by atoms with Gasteiger partial charge in [-0.3, -0.25) is 4.89 Å². The SMILES string of the molecule is C=CC(=O)OOCCCC(C)C. The smallest absolute Gasteiger partial charge is 0.294 e. The average molecular weight is 172 g/mol. The summed E-state index contributed by atoms with van der Waals surface area (Å²) in [4.78, 5) is 19.4. The quantitative estimate of drug-likeness (QED) is 0.266. The summed E-state index contributed by atoms with van der Waals surface area (Å²) >= 11 is 0. The monoisotopic (exact) mass is 172 g/mol. The molecule has 0 saturated heterocycles. The van der Waals surface area contributed by atoms with E-state index in [2.05, 4.69) is 30.2 Å². The first-order valence-electron chi connectivity index (χ1n) is 4.12. The number of carbonyl (C=O) groups is 1. The van der Waals surface area contributed by atoms with E-state index in [-0.39, 0.29) is 0 Å². The van der Waals surface area contributed by atoms with Gasteiger partial charge in [0, 0.05) is 6.08 Å². The van der Waals surface area contributed by atoms with E-state index in [1.807, 2.05) is 0 Å². The van der Waals surface area contributed by atoms with Crippen LogP contribution < -0.4 is 0 Å². The Bertz CT molecular complexity index is 141. The summed E-state index contributed by atoms with van der Waals surface area (Å²) < 4.78 is 0. The highest BCUT2D eigenvalue weighted by Crippen LogP contribution is 2.03. The Morgan fingerprint density at radius 2 is 2.25 bits per heavy atom. The van der Waals surface area contributed by atoms with Crippen molar-refractivity contribution in [2.24, 2.45) is 5.92 Å². The van der Waals surface area contributed by atoms with Crippen LogP contribution in [0.2, 0.25) is 0 Å². The van der Waals surface area contributed by atoms with Crippen LogP contribution in [0.15, 0.2) is 12.7 Å². The summed E-state index contributed by atoms with van der Waals surface area (Å²) in [5.74, 6) is 0.114. The predicted molar refractivity (Wildman–Crippen MR) is 46.3 cm³/mol. The Labute approximate surface area is 73.3 Å². The minimum atomic E-state index is -0.542. The molecule has 0 aromatic heterocycles. The molecule has 0 atom stereocenters. The van der Waals surface area contributed by atoms with Crippen LogP contribution in [0.3, 0.4) is 0 Å². The normalized spacial score (nSPS) is 9.92. The van der Waals surface area contributed by atoms with Gasteiger partial charge in [0.2, 0.25) is 0 Å². The van der Waals surface area contributed by atoms with Crippen molar-refractivity contribution < 1.29 is 14.6 Å². The molecule has 0 fully saturated rings. The van der Waals surface area contributed by atoms with Crippen LogP contribution in [0, 0.1) is 5.92 Å². The summed E-state index contributed by atoms with van der Waals surface area (Å²) in [6.07, 6.45) is 3.05. The molecule has 0 aliphatic carbocycles. The van der Waals surface area contributed by atoms with Gasteiger partial charge in [-0.2, -0.15) is 4.89 Å². The molecular weight excluding hydrogens is 156 g/mol. The third-order valence-electron chi connectivity index (χ3n) is 1.32. The van der Waals surface area contributed by atoms with Crippen LogP contribution in [0.5, 0.6) is 0 Å². The first-order valence-corrected chi connectivity index (χ1v) is 4.12. The Balaban J connectivity index is 3.11. The molecule has 0 spiro atoms. The Morgan fingerprint density at radius 1 is 1.58 bits per heavy atom. The zero-order valence-corrected chi connectivity index (χ0v) is 7.71. The van der Waals surface area contributed by atoms with Crippen LogP contribution in [-0.2, 0) is 14.6 Å². The highest BCUT2D eigenvalue weighted by molar-refractivity contribution is 5.80.